The lowest BCUT2D eigenvalue weighted by Gasteiger charge is -2.24. The summed E-state index contributed by atoms with van der Waals surface area (Å²) in [5.74, 6) is 0.279. The van der Waals surface area contributed by atoms with Crippen LogP contribution < -0.4 is 4.74 Å². The molecule has 0 atom stereocenters. The summed E-state index contributed by atoms with van der Waals surface area (Å²) in [6.07, 6.45) is 5.02. The lowest BCUT2D eigenvalue weighted by Crippen LogP contribution is -2.36. The van der Waals surface area contributed by atoms with E-state index < -0.39 is 0 Å². The summed E-state index contributed by atoms with van der Waals surface area (Å²) < 4.78 is 5.23. The van der Waals surface area contributed by atoms with Gasteiger partial charge in [0, 0.05) is 32.0 Å². The standard InChI is InChI=1S/C23H27N3O3/c1-4-15-26-22(27)20(18-6-8-19(29-3)9-7-18)21(23(26)28)25(5-2)16-12-17-10-13-24-14-11-17/h6-11,13-14H,4-5,12,15-16H2,1-3H3. The van der Waals surface area contributed by atoms with E-state index in [1.807, 2.05) is 55.1 Å². The number of benzene rings is 1. The van der Waals surface area contributed by atoms with Crippen LogP contribution in [0.15, 0.2) is 54.5 Å². The number of hydrogen-bond acceptors (Lipinski definition) is 5. The van der Waals surface area contributed by atoms with Crippen LogP contribution in [0.2, 0.25) is 0 Å². The first-order chi connectivity index (χ1) is 14.1. The molecule has 1 aliphatic rings. The maximum atomic E-state index is 13.2. The Kier molecular flexibility index (Phi) is 6.65. The van der Waals surface area contributed by atoms with Gasteiger partial charge in [-0.3, -0.25) is 19.5 Å². The van der Waals surface area contributed by atoms with Crippen LogP contribution in [0.25, 0.3) is 5.57 Å². The molecule has 29 heavy (non-hydrogen) atoms. The summed E-state index contributed by atoms with van der Waals surface area (Å²) in [4.78, 5) is 33.8. The van der Waals surface area contributed by atoms with Crippen molar-refractivity contribution in [2.45, 2.75) is 26.7 Å². The third-order valence-corrected chi connectivity index (χ3v) is 5.09. The average molecular weight is 393 g/mol. The van der Waals surface area contributed by atoms with Gasteiger partial charge in [0.15, 0.2) is 0 Å². The number of nitrogens with zero attached hydrogens (tertiary/aromatic N) is 3. The van der Waals surface area contributed by atoms with Crippen LogP contribution in [0, 0.1) is 0 Å². The van der Waals surface area contributed by atoms with E-state index in [1.54, 1.807) is 19.5 Å². The molecule has 0 N–H and O–H groups in total. The summed E-state index contributed by atoms with van der Waals surface area (Å²) in [5, 5.41) is 0. The molecule has 0 aliphatic carbocycles. The molecular formula is C23H27N3O3. The van der Waals surface area contributed by atoms with Gasteiger partial charge in [-0.25, -0.2) is 0 Å². The number of amides is 2. The molecular weight excluding hydrogens is 366 g/mol. The van der Waals surface area contributed by atoms with Gasteiger partial charge < -0.3 is 9.64 Å². The van der Waals surface area contributed by atoms with Crippen molar-refractivity contribution in [2.75, 3.05) is 26.7 Å². The number of pyridine rings is 1. The summed E-state index contributed by atoms with van der Waals surface area (Å²) in [5.41, 5.74) is 2.85. The van der Waals surface area contributed by atoms with E-state index in [1.165, 1.54) is 4.90 Å². The molecule has 2 aromatic rings. The lowest BCUT2D eigenvalue weighted by atomic mass is 10.0. The number of methoxy groups -OCH3 is 1. The zero-order valence-electron chi connectivity index (χ0n) is 17.2. The molecule has 1 aromatic carbocycles. The van der Waals surface area contributed by atoms with Crippen LogP contribution in [0.4, 0.5) is 0 Å². The van der Waals surface area contributed by atoms with Gasteiger partial charge in [0.25, 0.3) is 11.8 Å². The summed E-state index contributed by atoms with van der Waals surface area (Å²) in [6.45, 7) is 5.67. The predicted octanol–water partition coefficient (Wildman–Crippen LogP) is 3.14. The molecule has 3 rings (SSSR count). The average Bonchev–Trinajstić information content (AvgIpc) is 3.00. The van der Waals surface area contributed by atoms with E-state index in [0.29, 0.717) is 36.7 Å². The third kappa shape index (κ3) is 4.31. The molecule has 0 radical (unpaired) electrons. The van der Waals surface area contributed by atoms with Gasteiger partial charge in [-0.2, -0.15) is 0 Å². The van der Waals surface area contributed by atoms with Gasteiger partial charge in [0.1, 0.15) is 11.4 Å². The molecule has 2 heterocycles. The molecule has 0 spiro atoms. The minimum Gasteiger partial charge on any atom is -0.497 e. The van der Waals surface area contributed by atoms with Crippen LogP contribution >= 0.6 is 0 Å². The molecule has 1 aromatic heterocycles. The van der Waals surface area contributed by atoms with Crippen LogP contribution in [-0.2, 0) is 16.0 Å². The van der Waals surface area contributed by atoms with E-state index >= 15 is 0 Å². The van der Waals surface area contributed by atoms with Crippen molar-refractivity contribution in [3.05, 3.63) is 65.6 Å². The maximum Gasteiger partial charge on any atom is 0.277 e. The van der Waals surface area contributed by atoms with Gasteiger partial charge in [-0.05, 0) is 55.2 Å². The molecule has 6 nitrogen and oxygen atoms in total. The number of carbonyl (C=O) groups is 2. The molecule has 0 bridgehead atoms. The Morgan fingerprint density at radius 1 is 1.00 bits per heavy atom. The Morgan fingerprint density at radius 3 is 2.28 bits per heavy atom. The van der Waals surface area contributed by atoms with Crippen LogP contribution in [0.5, 0.6) is 5.75 Å². The largest absolute Gasteiger partial charge is 0.497 e. The van der Waals surface area contributed by atoms with E-state index in [2.05, 4.69) is 4.98 Å². The van der Waals surface area contributed by atoms with Gasteiger partial charge in [-0.15, -0.1) is 0 Å². The third-order valence-electron chi connectivity index (χ3n) is 5.09. The van der Waals surface area contributed by atoms with E-state index in [4.69, 9.17) is 4.74 Å². The number of aromatic nitrogens is 1. The highest BCUT2D eigenvalue weighted by Gasteiger charge is 2.40. The molecule has 152 valence electrons. The Hall–Kier alpha value is -3.15. The normalized spacial score (nSPS) is 14.0. The number of rotatable bonds is 9. The fraction of sp³-hybridized carbons (Fsp3) is 0.348. The van der Waals surface area contributed by atoms with Crippen molar-refractivity contribution >= 4 is 17.4 Å². The van der Waals surface area contributed by atoms with Gasteiger partial charge in [0.05, 0.1) is 12.7 Å². The van der Waals surface area contributed by atoms with Crippen molar-refractivity contribution in [3.8, 4) is 5.75 Å². The highest BCUT2D eigenvalue weighted by atomic mass is 16.5. The van der Waals surface area contributed by atoms with E-state index in [9.17, 15) is 9.59 Å². The highest BCUT2D eigenvalue weighted by molar-refractivity contribution is 6.35. The first kappa shape index (κ1) is 20.6. The number of imide groups is 1. The Morgan fingerprint density at radius 2 is 1.69 bits per heavy atom. The summed E-state index contributed by atoms with van der Waals surface area (Å²) in [7, 11) is 1.60. The molecule has 0 unspecified atom stereocenters. The van der Waals surface area contributed by atoms with Crippen molar-refractivity contribution in [1.82, 2.24) is 14.8 Å². The minimum absolute atomic E-state index is 0.209. The zero-order valence-corrected chi connectivity index (χ0v) is 17.2. The second-order valence-corrected chi connectivity index (χ2v) is 6.90. The Balaban J connectivity index is 1.98. The monoisotopic (exact) mass is 393 g/mol. The predicted molar refractivity (Wildman–Crippen MR) is 112 cm³/mol. The second-order valence-electron chi connectivity index (χ2n) is 6.90. The van der Waals surface area contributed by atoms with E-state index in [0.717, 1.165) is 24.0 Å². The summed E-state index contributed by atoms with van der Waals surface area (Å²) in [6, 6.07) is 11.2. The van der Waals surface area contributed by atoms with Crippen LogP contribution in [-0.4, -0.2) is 53.3 Å². The molecule has 1 aliphatic heterocycles. The fourth-order valence-corrected chi connectivity index (χ4v) is 3.54. The SMILES string of the molecule is CCCN1C(=O)C(c2ccc(OC)cc2)=C(N(CC)CCc2ccncc2)C1=O. The van der Waals surface area contributed by atoms with Gasteiger partial charge in [-0.1, -0.05) is 19.1 Å². The maximum absolute atomic E-state index is 13.2. The number of ether oxygens (including phenoxy) is 1. The smallest absolute Gasteiger partial charge is 0.277 e. The first-order valence-electron chi connectivity index (χ1n) is 9.99. The van der Waals surface area contributed by atoms with Crippen molar-refractivity contribution in [2.24, 2.45) is 0 Å². The number of hydrogen-bond donors (Lipinski definition) is 0. The molecule has 6 heteroatoms. The molecule has 0 fully saturated rings. The second kappa shape index (κ2) is 9.37. The molecule has 0 saturated heterocycles. The lowest BCUT2D eigenvalue weighted by molar-refractivity contribution is -0.137. The Labute approximate surface area is 171 Å². The van der Waals surface area contributed by atoms with Crippen LogP contribution in [0.3, 0.4) is 0 Å². The first-order valence-corrected chi connectivity index (χ1v) is 9.99. The van der Waals surface area contributed by atoms with Crippen molar-refractivity contribution < 1.29 is 14.3 Å². The quantitative estimate of drug-likeness (QED) is 0.613. The highest BCUT2D eigenvalue weighted by Crippen LogP contribution is 2.32. The number of likely N-dealkylation sites (N-methyl/N-ethyl adjacent to an activating group) is 1. The molecule has 0 saturated carbocycles. The minimum atomic E-state index is -0.223. The summed E-state index contributed by atoms with van der Waals surface area (Å²) >= 11 is 0. The van der Waals surface area contributed by atoms with Crippen LogP contribution in [0.1, 0.15) is 31.4 Å². The number of carbonyl (C=O) groups excluding carboxylic acids is 2. The van der Waals surface area contributed by atoms with Crippen molar-refractivity contribution in [3.63, 3.8) is 0 Å². The molecule has 2 amide bonds. The van der Waals surface area contributed by atoms with Gasteiger partial charge in [0.2, 0.25) is 0 Å². The Bertz CT molecular complexity index is 891. The zero-order chi connectivity index (χ0) is 20.8. The fourth-order valence-electron chi connectivity index (χ4n) is 3.54. The van der Waals surface area contributed by atoms with Gasteiger partial charge >= 0.3 is 0 Å². The van der Waals surface area contributed by atoms with Crippen molar-refractivity contribution in [1.29, 1.82) is 0 Å². The van der Waals surface area contributed by atoms with E-state index in [-0.39, 0.29) is 11.8 Å². The topological polar surface area (TPSA) is 62.7 Å².